The molecule has 0 saturated carbocycles. The first kappa shape index (κ1) is 22.6. The van der Waals surface area contributed by atoms with Gasteiger partial charge in [0.15, 0.2) is 5.16 Å². The van der Waals surface area contributed by atoms with Crippen molar-refractivity contribution in [2.24, 2.45) is 0 Å². The minimum Gasteiger partial charge on any atom is -0.465 e. The molecule has 0 spiro atoms. The van der Waals surface area contributed by atoms with E-state index in [1.54, 1.807) is 11.5 Å². The number of ether oxygens (including phenoxy) is 1. The highest BCUT2D eigenvalue weighted by molar-refractivity contribution is 7.99. The Morgan fingerprint density at radius 1 is 1.18 bits per heavy atom. The summed E-state index contributed by atoms with van der Waals surface area (Å²) in [7, 11) is 0. The van der Waals surface area contributed by atoms with Crippen LogP contribution in [0.4, 0.5) is 0 Å². The topological polar surface area (TPSA) is 106 Å². The SMILES string of the molecule is CCOC(=O)CNC(=O)CSc1nc2c([nH]c3ccccc32)c(=O)n1-c1cc(C)ccc1C. The van der Waals surface area contributed by atoms with Crippen LogP contribution in [0, 0.1) is 13.8 Å². The van der Waals surface area contributed by atoms with E-state index in [4.69, 9.17) is 9.72 Å². The van der Waals surface area contributed by atoms with Gasteiger partial charge in [-0.25, -0.2) is 4.98 Å². The third kappa shape index (κ3) is 4.63. The number of aromatic amines is 1. The minimum atomic E-state index is -0.499. The van der Waals surface area contributed by atoms with Crippen molar-refractivity contribution in [2.45, 2.75) is 25.9 Å². The normalized spacial score (nSPS) is 11.1. The van der Waals surface area contributed by atoms with Crippen molar-refractivity contribution in [3.05, 3.63) is 63.9 Å². The number of rotatable bonds is 7. The summed E-state index contributed by atoms with van der Waals surface area (Å²) in [4.78, 5) is 45.5. The lowest BCUT2D eigenvalue weighted by molar-refractivity contribution is -0.143. The van der Waals surface area contributed by atoms with Crippen LogP contribution in [-0.4, -0.2) is 45.3 Å². The highest BCUT2D eigenvalue weighted by atomic mass is 32.2. The molecule has 0 saturated heterocycles. The molecular weight excluding hydrogens is 440 g/mol. The van der Waals surface area contributed by atoms with E-state index in [1.807, 2.05) is 56.3 Å². The predicted octanol–water partition coefficient (Wildman–Crippen LogP) is 3.26. The number of fused-ring (bicyclic) bond motifs is 3. The molecule has 8 nitrogen and oxygen atoms in total. The highest BCUT2D eigenvalue weighted by Crippen LogP contribution is 2.27. The molecule has 170 valence electrons. The molecule has 4 aromatic rings. The molecule has 0 aliphatic rings. The zero-order chi connectivity index (χ0) is 23.5. The van der Waals surface area contributed by atoms with Crippen molar-refractivity contribution in [2.75, 3.05) is 18.9 Å². The third-order valence-electron chi connectivity index (χ3n) is 5.17. The maximum Gasteiger partial charge on any atom is 0.325 e. The number of thioether (sulfide) groups is 1. The number of para-hydroxylation sites is 1. The summed E-state index contributed by atoms with van der Waals surface area (Å²) in [5.74, 6) is -0.861. The van der Waals surface area contributed by atoms with Gasteiger partial charge in [0.1, 0.15) is 17.6 Å². The average Bonchev–Trinajstić information content (AvgIpc) is 3.17. The molecule has 2 N–H and O–H groups in total. The Balaban J connectivity index is 1.77. The molecule has 2 heterocycles. The van der Waals surface area contributed by atoms with Gasteiger partial charge in [0.05, 0.1) is 18.0 Å². The quantitative estimate of drug-likeness (QED) is 0.247. The van der Waals surface area contributed by atoms with Crippen molar-refractivity contribution >= 4 is 45.6 Å². The first-order valence-corrected chi connectivity index (χ1v) is 11.5. The number of aryl methyl sites for hydroxylation is 2. The molecule has 2 aromatic heterocycles. The summed E-state index contributed by atoms with van der Waals surface area (Å²) in [5, 5.41) is 3.78. The van der Waals surface area contributed by atoms with Crippen molar-refractivity contribution in [1.82, 2.24) is 19.9 Å². The number of hydrogen-bond acceptors (Lipinski definition) is 6. The Bertz CT molecular complexity index is 1420. The van der Waals surface area contributed by atoms with E-state index in [0.29, 0.717) is 21.9 Å². The number of esters is 1. The van der Waals surface area contributed by atoms with Gasteiger partial charge in [-0.1, -0.05) is 42.1 Å². The van der Waals surface area contributed by atoms with E-state index < -0.39 is 5.97 Å². The Morgan fingerprint density at radius 2 is 1.97 bits per heavy atom. The summed E-state index contributed by atoms with van der Waals surface area (Å²) in [5.41, 5.74) is 4.18. The van der Waals surface area contributed by atoms with Gasteiger partial charge >= 0.3 is 5.97 Å². The summed E-state index contributed by atoms with van der Waals surface area (Å²) < 4.78 is 6.38. The molecule has 0 atom stereocenters. The lowest BCUT2D eigenvalue weighted by Gasteiger charge is -2.15. The maximum atomic E-state index is 13.6. The Labute approximate surface area is 194 Å². The van der Waals surface area contributed by atoms with Crippen molar-refractivity contribution in [3.63, 3.8) is 0 Å². The molecular formula is C24H24N4O4S. The fourth-order valence-electron chi connectivity index (χ4n) is 3.58. The number of amides is 1. The van der Waals surface area contributed by atoms with Gasteiger partial charge in [-0.05, 0) is 44.0 Å². The smallest absolute Gasteiger partial charge is 0.325 e. The number of hydrogen-bond donors (Lipinski definition) is 2. The first-order chi connectivity index (χ1) is 15.9. The van der Waals surface area contributed by atoms with E-state index in [1.165, 1.54) is 0 Å². The van der Waals surface area contributed by atoms with Crippen molar-refractivity contribution < 1.29 is 14.3 Å². The monoisotopic (exact) mass is 464 g/mol. The fourth-order valence-corrected chi connectivity index (χ4v) is 4.40. The molecule has 4 rings (SSSR count). The summed E-state index contributed by atoms with van der Waals surface area (Å²) in [6.07, 6.45) is 0. The van der Waals surface area contributed by atoms with Gasteiger partial charge in [-0.15, -0.1) is 0 Å². The number of nitrogens with zero attached hydrogens (tertiary/aromatic N) is 2. The molecule has 0 bridgehead atoms. The third-order valence-corrected chi connectivity index (χ3v) is 6.11. The van der Waals surface area contributed by atoms with Crippen molar-refractivity contribution in [1.29, 1.82) is 0 Å². The summed E-state index contributed by atoms with van der Waals surface area (Å²) >= 11 is 1.14. The van der Waals surface area contributed by atoms with Crippen LogP contribution in [0.1, 0.15) is 18.1 Å². The zero-order valence-electron chi connectivity index (χ0n) is 18.6. The standard InChI is InChI=1S/C24H24N4O4S/c1-4-32-20(30)12-25-19(29)13-33-24-27-21-16-7-5-6-8-17(16)26-22(21)23(31)28(24)18-11-14(2)9-10-15(18)3/h5-11,26H,4,12-13H2,1-3H3,(H,25,29). The van der Waals surface area contributed by atoms with Crippen LogP contribution in [0.2, 0.25) is 0 Å². The lowest BCUT2D eigenvalue weighted by Crippen LogP contribution is -2.32. The van der Waals surface area contributed by atoms with Crippen LogP contribution in [0.25, 0.3) is 27.6 Å². The first-order valence-electron chi connectivity index (χ1n) is 10.5. The predicted molar refractivity (Wildman–Crippen MR) is 129 cm³/mol. The van der Waals surface area contributed by atoms with E-state index in [0.717, 1.165) is 33.8 Å². The number of nitrogens with one attached hydrogen (secondary N) is 2. The summed E-state index contributed by atoms with van der Waals surface area (Å²) in [6, 6.07) is 13.4. The molecule has 2 aromatic carbocycles. The number of carbonyl (C=O) groups excluding carboxylic acids is 2. The molecule has 0 fully saturated rings. The Morgan fingerprint density at radius 3 is 2.76 bits per heavy atom. The molecule has 9 heteroatoms. The van der Waals surface area contributed by atoms with Gasteiger partial charge in [0, 0.05) is 10.9 Å². The van der Waals surface area contributed by atoms with Crippen LogP contribution in [0.3, 0.4) is 0 Å². The molecule has 0 aliphatic heterocycles. The molecule has 0 radical (unpaired) electrons. The average molecular weight is 465 g/mol. The van der Waals surface area contributed by atoms with E-state index in [9.17, 15) is 14.4 Å². The fraction of sp³-hybridized carbons (Fsp3) is 0.250. The zero-order valence-corrected chi connectivity index (χ0v) is 19.4. The second-order valence-corrected chi connectivity index (χ2v) is 8.53. The number of H-pyrrole nitrogens is 1. The number of carbonyl (C=O) groups is 2. The summed E-state index contributed by atoms with van der Waals surface area (Å²) in [6.45, 7) is 5.64. The van der Waals surface area contributed by atoms with Gasteiger partial charge in [-0.3, -0.25) is 19.0 Å². The Hall–Kier alpha value is -3.59. The highest BCUT2D eigenvalue weighted by Gasteiger charge is 2.19. The van der Waals surface area contributed by atoms with Crippen molar-refractivity contribution in [3.8, 4) is 5.69 Å². The molecule has 0 aliphatic carbocycles. The number of benzene rings is 2. The Kier molecular flexibility index (Phi) is 6.50. The van der Waals surface area contributed by atoms with Crippen LogP contribution < -0.4 is 10.9 Å². The van der Waals surface area contributed by atoms with Gasteiger partial charge < -0.3 is 15.0 Å². The van der Waals surface area contributed by atoms with E-state index >= 15 is 0 Å². The van der Waals surface area contributed by atoms with E-state index in [2.05, 4.69) is 10.3 Å². The van der Waals surface area contributed by atoms with Crippen LogP contribution >= 0.6 is 11.8 Å². The lowest BCUT2D eigenvalue weighted by atomic mass is 10.1. The van der Waals surface area contributed by atoms with Crippen LogP contribution in [0.5, 0.6) is 0 Å². The van der Waals surface area contributed by atoms with Gasteiger partial charge in [-0.2, -0.15) is 0 Å². The van der Waals surface area contributed by atoms with Crippen LogP contribution in [0.15, 0.2) is 52.4 Å². The number of aromatic nitrogens is 3. The van der Waals surface area contributed by atoms with Gasteiger partial charge in [0.2, 0.25) is 5.91 Å². The minimum absolute atomic E-state index is 0.00935. The van der Waals surface area contributed by atoms with Crippen LogP contribution in [-0.2, 0) is 14.3 Å². The molecule has 33 heavy (non-hydrogen) atoms. The molecule has 1 amide bonds. The molecule has 0 unspecified atom stereocenters. The largest absolute Gasteiger partial charge is 0.465 e. The maximum absolute atomic E-state index is 13.6. The second kappa shape index (κ2) is 9.50. The van der Waals surface area contributed by atoms with E-state index in [-0.39, 0.29) is 30.4 Å². The second-order valence-electron chi connectivity index (χ2n) is 7.59. The van der Waals surface area contributed by atoms with Gasteiger partial charge in [0.25, 0.3) is 5.56 Å².